The zero-order chi connectivity index (χ0) is 26.1. The first-order valence-corrected chi connectivity index (χ1v) is 13.4. The van der Waals surface area contributed by atoms with Gasteiger partial charge < -0.3 is 19.5 Å². The summed E-state index contributed by atoms with van der Waals surface area (Å²) in [5.41, 5.74) is -0.595. The van der Waals surface area contributed by atoms with Gasteiger partial charge in [0.2, 0.25) is 12.2 Å². The highest BCUT2D eigenvalue weighted by Crippen LogP contribution is 2.34. The summed E-state index contributed by atoms with van der Waals surface area (Å²) in [6, 6.07) is 2.51. The van der Waals surface area contributed by atoms with E-state index in [4.69, 9.17) is 4.42 Å². The number of pyridine rings is 1. The normalized spacial score (nSPS) is 15.2. The Labute approximate surface area is 240 Å². The lowest BCUT2D eigenvalue weighted by molar-refractivity contribution is -0.129. The van der Waals surface area contributed by atoms with Crippen LogP contribution in [-0.4, -0.2) is 81.2 Å². The monoisotopic (exact) mass is 588 g/mol. The molecule has 2 amide bonds. The lowest BCUT2D eigenvalue weighted by Gasteiger charge is -2.48. The van der Waals surface area contributed by atoms with Crippen LogP contribution in [0, 0.1) is 5.92 Å². The summed E-state index contributed by atoms with van der Waals surface area (Å²) in [4.78, 5) is 47.0. The van der Waals surface area contributed by atoms with Crippen LogP contribution >= 0.6 is 36.6 Å². The number of Topliss-reactive ketones (excluding diaryl/α,β-unsaturated/α-hetero) is 1. The predicted octanol–water partition coefficient (Wildman–Crippen LogP) is 4.11. The summed E-state index contributed by atoms with van der Waals surface area (Å²) in [5.74, 6) is -0.0204. The predicted molar refractivity (Wildman–Crippen MR) is 151 cm³/mol. The maximum atomic E-state index is 13.7. The molecule has 1 aliphatic rings. The summed E-state index contributed by atoms with van der Waals surface area (Å²) >= 11 is 1.38. The molecule has 1 saturated carbocycles. The van der Waals surface area contributed by atoms with Gasteiger partial charge in [-0.3, -0.25) is 19.4 Å². The Balaban J connectivity index is 0.00000361. The van der Waals surface area contributed by atoms with Crippen LogP contribution in [0.4, 0.5) is 0 Å². The molecule has 1 fully saturated rings. The van der Waals surface area contributed by atoms with Crippen LogP contribution in [0.2, 0.25) is 0 Å². The zero-order valence-corrected chi connectivity index (χ0v) is 24.7. The van der Waals surface area contributed by atoms with E-state index < -0.39 is 17.5 Å². The van der Waals surface area contributed by atoms with Crippen LogP contribution in [0.25, 0.3) is 0 Å². The molecule has 2 aromatic rings. The Morgan fingerprint density at radius 1 is 1.18 bits per heavy atom. The van der Waals surface area contributed by atoms with Crippen LogP contribution in [-0.2, 0) is 4.79 Å². The number of nitrogens with one attached hydrogen (secondary N) is 1. The molecule has 0 spiro atoms. The molecule has 0 bridgehead atoms. The highest BCUT2D eigenvalue weighted by molar-refractivity contribution is 7.99. The SMILES string of the molecule is CC(C)CC(C(=O)c1nnc(SCCN(C)C)o1)N(C=O)C1(NC(=O)c2cccnc2)CCCCC1.Cl.Cl. The molecule has 1 N–H and O–H groups in total. The smallest absolute Gasteiger partial charge is 0.286 e. The van der Waals surface area contributed by atoms with Crippen molar-refractivity contribution in [1.29, 1.82) is 0 Å². The Hall–Kier alpha value is -2.21. The van der Waals surface area contributed by atoms with Gasteiger partial charge in [0.15, 0.2) is 0 Å². The third kappa shape index (κ3) is 8.93. The molecular weight excluding hydrogens is 551 g/mol. The molecule has 1 aliphatic carbocycles. The van der Waals surface area contributed by atoms with Gasteiger partial charge in [-0.2, -0.15) is 0 Å². The molecule has 0 aromatic carbocycles. The molecule has 0 aliphatic heterocycles. The van der Waals surface area contributed by atoms with Crippen LogP contribution in [0.1, 0.15) is 73.4 Å². The van der Waals surface area contributed by atoms with Crippen LogP contribution in [0.3, 0.4) is 0 Å². The topological polar surface area (TPSA) is 122 Å². The van der Waals surface area contributed by atoms with Gasteiger partial charge in [0.05, 0.1) is 5.56 Å². The Morgan fingerprint density at radius 3 is 2.47 bits per heavy atom. The summed E-state index contributed by atoms with van der Waals surface area (Å²) < 4.78 is 5.69. The lowest BCUT2D eigenvalue weighted by atomic mass is 9.84. The molecule has 1 atom stereocenters. The molecule has 0 radical (unpaired) electrons. The highest BCUT2D eigenvalue weighted by atomic mass is 35.5. The molecular formula is C25H38Cl2N6O4S. The van der Waals surface area contributed by atoms with E-state index in [9.17, 15) is 14.4 Å². The van der Waals surface area contributed by atoms with Gasteiger partial charge >= 0.3 is 0 Å². The third-order valence-electron chi connectivity index (χ3n) is 6.27. The van der Waals surface area contributed by atoms with E-state index in [1.165, 1.54) is 22.9 Å². The Bertz CT molecular complexity index is 1020. The van der Waals surface area contributed by atoms with Crippen LogP contribution in [0.5, 0.6) is 0 Å². The van der Waals surface area contributed by atoms with E-state index in [2.05, 4.69) is 20.5 Å². The standard InChI is InChI=1S/C25H36N6O4S.2ClH/c1-18(2)15-20(21(33)23-28-29-24(35-23)36-14-13-30(3)4)31(17-32)25(10-6-5-7-11-25)27-22(34)19-9-8-12-26-16-19;;/h8-9,12,16-18,20H,5-7,10-11,13-15H2,1-4H3,(H,27,34);2*1H. The van der Waals surface area contributed by atoms with Gasteiger partial charge in [0, 0.05) is 24.7 Å². The maximum Gasteiger partial charge on any atom is 0.286 e. The second kappa shape index (κ2) is 16.0. The Morgan fingerprint density at radius 2 is 1.89 bits per heavy atom. The third-order valence-corrected chi connectivity index (χ3v) is 7.07. The first-order chi connectivity index (χ1) is 17.3. The summed E-state index contributed by atoms with van der Waals surface area (Å²) in [5, 5.41) is 11.4. The number of thioether (sulfide) groups is 1. The number of carbonyl (C=O) groups is 3. The van der Waals surface area contributed by atoms with E-state index in [1.807, 2.05) is 32.8 Å². The van der Waals surface area contributed by atoms with Crippen molar-refractivity contribution in [3.63, 3.8) is 0 Å². The van der Waals surface area contributed by atoms with E-state index >= 15 is 0 Å². The number of amides is 2. The lowest BCUT2D eigenvalue weighted by Crippen LogP contribution is -2.65. The van der Waals surface area contributed by atoms with Crippen molar-refractivity contribution in [2.24, 2.45) is 5.92 Å². The first kappa shape index (κ1) is 33.8. The summed E-state index contributed by atoms with van der Waals surface area (Å²) in [6.45, 7) is 4.80. The Kier molecular flexibility index (Phi) is 14.3. The summed E-state index contributed by atoms with van der Waals surface area (Å²) in [6.07, 6.45) is 7.92. The highest BCUT2D eigenvalue weighted by Gasteiger charge is 2.45. The van der Waals surface area contributed by atoms with Gasteiger partial charge in [-0.25, -0.2) is 0 Å². The average molecular weight is 590 g/mol. The van der Waals surface area contributed by atoms with Gasteiger partial charge in [-0.15, -0.1) is 35.0 Å². The molecule has 3 rings (SSSR count). The van der Waals surface area contributed by atoms with Crippen molar-refractivity contribution in [2.75, 3.05) is 26.4 Å². The maximum absolute atomic E-state index is 13.7. The van der Waals surface area contributed by atoms with Crippen molar-refractivity contribution in [2.45, 2.75) is 69.3 Å². The van der Waals surface area contributed by atoms with Gasteiger partial charge in [0.1, 0.15) is 11.7 Å². The van der Waals surface area contributed by atoms with Gasteiger partial charge in [-0.1, -0.05) is 32.0 Å². The number of hydrogen-bond acceptors (Lipinski definition) is 9. The van der Waals surface area contributed by atoms with Crippen molar-refractivity contribution < 1.29 is 18.8 Å². The van der Waals surface area contributed by atoms with Gasteiger partial charge in [0.25, 0.3) is 17.0 Å². The fourth-order valence-electron chi connectivity index (χ4n) is 4.46. The first-order valence-electron chi connectivity index (χ1n) is 12.4. The van der Waals surface area contributed by atoms with Crippen molar-refractivity contribution in [3.8, 4) is 0 Å². The number of hydrogen-bond donors (Lipinski definition) is 1. The second-order valence-corrected chi connectivity index (χ2v) is 10.9. The minimum Gasteiger partial charge on any atom is -0.408 e. The fraction of sp³-hybridized carbons (Fsp3) is 0.600. The van der Waals surface area contributed by atoms with Crippen molar-refractivity contribution in [3.05, 3.63) is 36.0 Å². The largest absolute Gasteiger partial charge is 0.408 e. The molecule has 38 heavy (non-hydrogen) atoms. The molecule has 13 heteroatoms. The van der Waals surface area contributed by atoms with Crippen LogP contribution in [0.15, 0.2) is 34.2 Å². The zero-order valence-electron chi connectivity index (χ0n) is 22.3. The average Bonchev–Trinajstić information content (AvgIpc) is 3.33. The van der Waals surface area contributed by atoms with Crippen molar-refractivity contribution >= 4 is 54.7 Å². The molecule has 1 unspecified atom stereocenters. The van der Waals surface area contributed by atoms with E-state index in [-0.39, 0.29) is 42.5 Å². The number of carbonyl (C=O) groups excluding carboxylic acids is 3. The molecule has 212 valence electrons. The number of aromatic nitrogens is 3. The molecule has 2 heterocycles. The fourth-order valence-corrected chi connectivity index (χ4v) is 5.32. The minimum atomic E-state index is -0.995. The number of ketones is 1. The summed E-state index contributed by atoms with van der Waals surface area (Å²) in [7, 11) is 3.95. The van der Waals surface area contributed by atoms with E-state index in [0.717, 1.165) is 31.6 Å². The van der Waals surface area contributed by atoms with E-state index in [1.54, 1.807) is 18.3 Å². The number of nitrogens with zero attached hydrogens (tertiary/aromatic N) is 5. The minimum absolute atomic E-state index is 0. The van der Waals surface area contributed by atoms with E-state index in [0.29, 0.717) is 36.5 Å². The molecule has 10 nitrogen and oxygen atoms in total. The number of rotatable bonds is 13. The number of halogens is 2. The van der Waals surface area contributed by atoms with Gasteiger partial charge in [-0.05, 0) is 64.3 Å². The van der Waals surface area contributed by atoms with Crippen molar-refractivity contribution in [1.82, 2.24) is 30.3 Å². The quantitative estimate of drug-likeness (QED) is 0.159. The molecule has 2 aromatic heterocycles. The molecule has 0 saturated heterocycles. The second-order valence-electron chi connectivity index (χ2n) is 9.84. The van der Waals surface area contributed by atoms with Crippen LogP contribution < -0.4 is 5.32 Å².